The highest BCUT2D eigenvalue weighted by Gasteiger charge is 2.25. The molecule has 138 valence electrons. The van der Waals surface area contributed by atoms with Crippen molar-refractivity contribution in [1.29, 1.82) is 0 Å². The third-order valence-electron chi connectivity index (χ3n) is 4.76. The van der Waals surface area contributed by atoms with Crippen LogP contribution in [0.3, 0.4) is 0 Å². The van der Waals surface area contributed by atoms with E-state index in [0.717, 1.165) is 17.5 Å². The molecule has 1 aliphatic heterocycles. The molecule has 1 saturated heterocycles. The fourth-order valence-electron chi connectivity index (χ4n) is 2.98. The number of rotatable bonds is 2. The van der Waals surface area contributed by atoms with Crippen LogP contribution in [-0.2, 0) is 0 Å². The molecule has 1 N–H and O–H groups in total. The van der Waals surface area contributed by atoms with E-state index in [-0.39, 0.29) is 11.9 Å². The molecular formula is C19H21Cl2N3O2. The fourth-order valence-corrected chi connectivity index (χ4v) is 3.29. The number of amides is 2. The lowest BCUT2D eigenvalue weighted by atomic mass is 9.91. The summed E-state index contributed by atoms with van der Waals surface area (Å²) in [4.78, 5) is 14.3. The van der Waals surface area contributed by atoms with Gasteiger partial charge in [-0.05, 0) is 43.9 Å². The van der Waals surface area contributed by atoms with Crippen molar-refractivity contribution in [3.63, 3.8) is 0 Å². The van der Waals surface area contributed by atoms with Crippen LogP contribution in [-0.4, -0.2) is 29.2 Å². The summed E-state index contributed by atoms with van der Waals surface area (Å²) in [6, 6.07) is 5.45. The predicted molar refractivity (Wildman–Crippen MR) is 105 cm³/mol. The highest BCUT2D eigenvalue weighted by atomic mass is 35.5. The summed E-state index contributed by atoms with van der Waals surface area (Å²) in [5.41, 5.74) is 3.16. The summed E-state index contributed by atoms with van der Waals surface area (Å²) in [5.74, 6) is 1.44. The first-order valence-corrected chi connectivity index (χ1v) is 9.25. The van der Waals surface area contributed by atoms with Crippen LogP contribution in [0, 0.1) is 19.8 Å². The number of anilines is 1. The number of aromatic nitrogens is 1. The lowest BCUT2D eigenvalue weighted by molar-refractivity contribution is 0.197. The predicted octanol–water partition coefficient (Wildman–Crippen LogP) is 5.56. The Kier molecular flexibility index (Phi) is 5.58. The van der Waals surface area contributed by atoms with Crippen LogP contribution in [0.4, 0.5) is 10.6 Å². The molecule has 26 heavy (non-hydrogen) atoms. The van der Waals surface area contributed by atoms with Gasteiger partial charge < -0.3 is 9.42 Å². The monoisotopic (exact) mass is 393 g/mol. The van der Waals surface area contributed by atoms with Crippen LogP contribution in [0.15, 0.2) is 28.3 Å². The van der Waals surface area contributed by atoms with E-state index in [2.05, 4.69) is 23.5 Å². The maximum Gasteiger partial charge on any atom is 0.323 e. The maximum absolute atomic E-state index is 12.5. The standard InChI is InChI=1S/C19H21Cl2N3O2/c1-11-10-24(19(25)22-18-12(2)13(3)26-23-18)7-6-15(11)8-14-4-5-16(20)17(21)9-14/h4-5,8-9,11H,6-7,10H2,1-3H3,(H,22,23,25)/b15-8+. The molecule has 1 fully saturated rings. The van der Waals surface area contributed by atoms with Crippen molar-refractivity contribution in [2.45, 2.75) is 27.2 Å². The van der Waals surface area contributed by atoms with Crippen LogP contribution < -0.4 is 5.32 Å². The number of benzene rings is 1. The number of carbonyl (C=O) groups is 1. The second kappa shape index (κ2) is 7.72. The minimum Gasteiger partial charge on any atom is -0.359 e. The number of piperidine rings is 1. The van der Waals surface area contributed by atoms with Crippen LogP contribution in [0.5, 0.6) is 0 Å². The summed E-state index contributed by atoms with van der Waals surface area (Å²) in [6.07, 6.45) is 2.94. The molecule has 0 spiro atoms. The van der Waals surface area contributed by atoms with Gasteiger partial charge in [-0.2, -0.15) is 0 Å². The average Bonchev–Trinajstić information content (AvgIpc) is 2.92. The quantitative estimate of drug-likeness (QED) is 0.726. The number of hydrogen-bond donors (Lipinski definition) is 1. The Balaban J connectivity index is 1.66. The van der Waals surface area contributed by atoms with E-state index in [9.17, 15) is 4.79 Å². The Hall–Kier alpha value is -1.98. The van der Waals surface area contributed by atoms with E-state index in [4.69, 9.17) is 27.7 Å². The van der Waals surface area contributed by atoms with Gasteiger partial charge in [0.25, 0.3) is 0 Å². The van der Waals surface area contributed by atoms with Crippen LogP contribution in [0.1, 0.15) is 30.2 Å². The van der Waals surface area contributed by atoms with Gasteiger partial charge in [-0.15, -0.1) is 0 Å². The van der Waals surface area contributed by atoms with Gasteiger partial charge in [0.2, 0.25) is 0 Å². The summed E-state index contributed by atoms with van der Waals surface area (Å²) >= 11 is 12.1. The highest BCUT2D eigenvalue weighted by Crippen LogP contribution is 2.28. The summed E-state index contributed by atoms with van der Waals surface area (Å²) in [7, 11) is 0. The Labute approximate surface area is 162 Å². The zero-order valence-corrected chi connectivity index (χ0v) is 16.5. The SMILES string of the molecule is Cc1onc(NC(=O)N2CC/C(=C\c3ccc(Cl)c(Cl)c3)C(C)C2)c1C. The van der Waals surface area contributed by atoms with Crippen LogP contribution in [0.25, 0.3) is 6.08 Å². The smallest absolute Gasteiger partial charge is 0.323 e. The molecule has 0 saturated carbocycles. The Bertz CT molecular complexity index is 860. The molecule has 1 atom stereocenters. The zero-order chi connectivity index (χ0) is 18.8. The van der Waals surface area contributed by atoms with Gasteiger partial charge in [-0.1, -0.05) is 53.0 Å². The highest BCUT2D eigenvalue weighted by molar-refractivity contribution is 6.42. The van der Waals surface area contributed by atoms with Gasteiger partial charge in [0, 0.05) is 18.7 Å². The molecule has 7 heteroatoms. The number of hydrogen-bond acceptors (Lipinski definition) is 3. The number of urea groups is 1. The molecule has 5 nitrogen and oxygen atoms in total. The summed E-state index contributed by atoms with van der Waals surface area (Å²) in [6.45, 7) is 7.11. The van der Waals surface area contributed by atoms with Crippen LogP contribution >= 0.6 is 23.2 Å². The van der Waals surface area contributed by atoms with Crippen molar-refractivity contribution in [3.8, 4) is 0 Å². The summed E-state index contributed by atoms with van der Waals surface area (Å²) in [5, 5.41) is 7.81. The van der Waals surface area contributed by atoms with E-state index < -0.39 is 0 Å². The van der Waals surface area contributed by atoms with Crippen molar-refractivity contribution in [2.75, 3.05) is 18.4 Å². The van der Waals surface area contributed by atoms with Gasteiger partial charge >= 0.3 is 6.03 Å². The van der Waals surface area contributed by atoms with E-state index in [1.165, 1.54) is 5.57 Å². The van der Waals surface area contributed by atoms with Crippen molar-refractivity contribution < 1.29 is 9.32 Å². The lowest BCUT2D eigenvalue weighted by Gasteiger charge is -2.33. The first-order chi connectivity index (χ1) is 12.3. The minimum absolute atomic E-state index is 0.151. The van der Waals surface area contributed by atoms with Crippen molar-refractivity contribution in [1.82, 2.24) is 10.1 Å². The second-order valence-electron chi connectivity index (χ2n) is 6.63. The minimum atomic E-state index is -0.151. The van der Waals surface area contributed by atoms with Gasteiger partial charge in [0.15, 0.2) is 5.82 Å². The Morgan fingerprint density at radius 3 is 2.73 bits per heavy atom. The van der Waals surface area contributed by atoms with Gasteiger partial charge in [-0.25, -0.2) is 4.79 Å². The van der Waals surface area contributed by atoms with E-state index >= 15 is 0 Å². The molecule has 0 bridgehead atoms. The summed E-state index contributed by atoms with van der Waals surface area (Å²) < 4.78 is 5.09. The van der Waals surface area contributed by atoms with E-state index in [0.29, 0.717) is 34.7 Å². The number of likely N-dealkylation sites (tertiary alicyclic amines) is 1. The normalized spacial score (nSPS) is 19.0. The van der Waals surface area contributed by atoms with Crippen molar-refractivity contribution in [3.05, 3.63) is 50.7 Å². The Morgan fingerprint density at radius 2 is 2.12 bits per heavy atom. The largest absolute Gasteiger partial charge is 0.359 e. The lowest BCUT2D eigenvalue weighted by Crippen LogP contribution is -2.42. The number of carbonyl (C=O) groups excluding carboxylic acids is 1. The molecule has 3 rings (SSSR count). The fraction of sp³-hybridized carbons (Fsp3) is 0.368. The molecule has 1 aliphatic rings. The van der Waals surface area contributed by atoms with Crippen molar-refractivity contribution in [2.24, 2.45) is 5.92 Å². The van der Waals surface area contributed by atoms with Gasteiger partial charge in [0.05, 0.1) is 10.0 Å². The van der Waals surface area contributed by atoms with E-state index in [1.54, 1.807) is 11.0 Å². The van der Waals surface area contributed by atoms with Crippen LogP contribution in [0.2, 0.25) is 10.0 Å². The molecule has 0 radical (unpaired) electrons. The van der Waals surface area contributed by atoms with Crippen molar-refractivity contribution >= 4 is 41.1 Å². The number of aryl methyl sites for hydroxylation is 1. The molecule has 2 heterocycles. The molecule has 2 amide bonds. The first-order valence-electron chi connectivity index (χ1n) is 8.49. The molecule has 2 aromatic rings. The third-order valence-corrected chi connectivity index (χ3v) is 5.50. The first kappa shape index (κ1) is 18.8. The molecular weight excluding hydrogens is 373 g/mol. The average molecular weight is 394 g/mol. The molecule has 1 aromatic heterocycles. The van der Waals surface area contributed by atoms with Gasteiger partial charge in [-0.3, -0.25) is 5.32 Å². The maximum atomic E-state index is 12.5. The molecule has 1 unspecified atom stereocenters. The topological polar surface area (TPSA) is 58.4 Å². The zero-order valence-electron chi connectivity index (χ0n) is 15.0. The molecule has 0 aliphatic carbocycles. The Morgan fingerprint density at radius 1 is 1.35 bits per heavy atom. The van der Waals surface area contributed by atoms with E-state index in [1.807, 2.05) is 26.0 Å². The van der Waals surface area contributed by atoms with Gasteiger partial charge in [0.1, 0.15) is 5.76 Å². The number of nitrogens with one attached hydrogen (secondary N) is 1. The molecule has 1 aromatic carbocycles. The number of halogens is 2. The third kappa shape index (κ3) is 4.05. The number of nitrogens with zero attached hydrogens (tertiary/aromatic N) is 2. The second-order valence-corrected chi connectivity index (χ2v) is 7.45.